The minimum atomic E-state index is -0.250. The lowest BCUT2D eigenvalue weighted by atomic mass is 9.47. The molecule has 0 radical (unpaired) electrons. The average molecular weight is 498 g/mol. The van der Waals surface area contributed by atoms with E-state index in [1.165, 1.54) is 18.4 Å². The summed E-state index contributed by atoms with van der Waals surface area (Å²) in [5.74, 6) is 2.25. The normalized spacial score (nSPS) is 38.1. The van der Waals surface area contributed by atoms with Crippen LogP contribution < -0.4 is 0 Å². The number of aliphatic hydroxyl groups is 1. The Bertz CT molecular complexity index is 964. The minimum Gasteiger partial charge on any atom is -0.462 e. The molecule has 5 aliphatic rings. The van der Waals surface area contributed by atoms with Crippen LogP contribution >= 0.6 is 0 Å². The zero-order valence-electron chi connectivity index (χ0n) is 22.5. The van der Waals surface area contributed by atoms with Crippen LogP contribution in [0.1, 0.15) is 59.8 Å². The number of carbonyl (C=O) groups excluding carboxylic acids is 3. The predicted molar refractivity (Wildman–Crippen MR) is 141 cm³/mol. The van der Waals surface area contributed by atoms with Crippen LogP contribution in [0.4, 0.5) is 0 Å². The Kier molecular flexibility index (Phi) is 8.81. The van der Waals surface area contributed by atoms with Gasteiger partial charge in [0.25, 0.3) is 0 Å². The van der Waals surface area contributed by atoms with Crippen molar-refractivity contribution in [3.63, 3.8) is 0 Å². The van der Waals surface area contributed by atoms with Crippen LogP contribution in [0.3, 0.4) is 0 Å². The molecule has 198 valence electrons. The van der Waals surface area contributed by atoms with Gasteiger partial charge in [-0.3, -0.25) is 4.79 Å². The predicted octanol–water partition coefficient (Wildman–Crippen LogP) is 4.65. The molecule has 36 heavy (non-hydrogen) atoms. The SMILES string of the molecule is C=O.CC1CCC2C3CCC4=CC(=O)C=CC4(C)C3C(O)CC12C.CCOC(=O)C1=CN(C)CC=C1. The van der Waals surface area contributed by atoms with Crippen molar-refractivity contribution in [3.05, 3.63) is 47.7 Å². The van der Waals surface area contributed by atoms with Crippen LogP contribution in [0.15, 0.2) is 47.7 Å². The molecule has 1 N–H and O–H groups in total. The Morgan fingerprint density at radius 2 is 1.94 bits per heavy atom. The molecule has 0 spiro atoms. The van der Waals surface area contributed by atoms with E-state index < -0.39 is 0 Å². The molecule has 1 aliphatic heterocycles. The first-order valence-corrected chi connectivity index (χ1v) is 13.3. The monoisotopic (exact) mass is 497 g/mol. The molecule has 0 bridgehead atoms. The lowest BCUT2D eigenvalue weighted by Crippen LogP contribution is -2.55. The van der Waals surface area contributed by atoms with Crippen molar-refractivity contribution in [3.8, 4) is 0 Å². The highest BCUT2D eigenvalue weighted by Gasteiger charge is 2.60. The van der Waals surface area contributed by atoms with Crippen molar-refractivity contribution >= 4 is 18.5 Å². The molecule has 3 saturated carbocycles. The molecule has 6 nitrogen and oxygen atoms in total. The highest BCUT2D eigenvalue weighted by Crippen LogP contribution is 2.65. The van der Waals surface area contributed by atoms with E-state index in [0.717, 1.165) is 37.6 Å². The second-order valence-electron chi connectivity index (χ2n) is 11.4. The van der Waals surface area contributed by atoms with Crippen LogP contribution in [0.5, 0.6) is 0 Å². The van der Waals surface area contributed by atoms with E-state index in [0.29, 0.717) is 29.4 Å². The number of likely N-dealkylation sites (N-methyl/N-ethyl adjacent to an activating group) is 1. The number of hydrogen-bond acceptors (Lipinski definition) is 6. The molecule has 0 aromatic carbocycles. The maximum absolute atomic E-state index is 11.8. The molecule has 3 fully saturated rings. The Balaban J connectivity index is 0.000000220. The van der Waals surface area contributed by atoms with Crippen LogP contribution in [0.2, 0.25) is 0 Å². The van der Waals surface area contributed by atoms with Gasteiger partial charge in [-0.2, -0.15) is 0 Å². The number of ether oxygens (including phenoxy) is 1. The van der Waals surface area contributed by atoms with E-state index in [1.54, 1.807) is 25.3 Å². The summed E-state index contributed by atoms with van der Waals surface area (Å²) in [6.45, 7) is 12.1. The minimum absolute atomic E-state index is 0.108. The Morgan fingerprint density at radius 1 is 1.22 bits per heavy atom. The van der Waals surface area contributed by atoms with Gasteiger partial charge in [0.15, 0.2) is 5.78 Å². The van der Waals surface area contributed by atoms with Crippen molar-refractivity contribution in [1.82, 2.24) is 4.90 Å². The highest BCUT2D eigenvalue weighted by atomic mass is 16.5. The van der Waals surface area contributed by atoms with Crippen molar-refractivity contribution in [2.24, 2.45) is 34.5 Å². The van der Waals surface area contributed by atoms with E-state index in [2.05, 4.69) is 26.8 Å². The molecule has 7 unspecified atom stereocenters. The van der Waals surface area contributed by atoms with Crippen molar-refractivity contribution in [2.45, 2.75) is 65.9 Å². The summed E-state index contributed by atoms with van der Waals surface area (Å²) in [5.41, 5.74) is 2.08. The van der Waals surface area contributed by atoms with Gasteiger partial charge in [-0.05, 0) is 80.4 Å². The van der Waals surface area contributed by atoms with Gasteiger partial charge in [0, 0.05) is 31.1 Å². The second kappa shape index (κ2) is 11.3. The van der Waals surface area contributed by atoms with Gasteiger partial charge in [0.1, 0.15) is 6.79 Å². The topological polar surface area (TPSA) is 83.9 Å². The number of fused-ring (bicyclic) bond motifs is 5. The summed E-state index contributed by atoms with van der Waals surface area (Å²) >= 11 is 0. The first-order valence-electron chi connectivity index (χ1n) is 13.3. The molecule has 0 amide bonds. The molecular formula is C30H43NO5. The summed E-state index contributed by atoms with van der Waals surface area (Å²) < 4.78 is 4.84. The Morgan fingerprint density at radius 3 is 2.61 bits per heavy atom. The van der Waals surface area contributed by atoms with Gasteiger partial charge < -0.3 is 19.5 Å². The van der Waals surface area contributed by atoms with Crippen molar-refractivity contribution < 1.29 is 24.2 Å². The lowest BCUT2D eigenvalue weighted by molar-refractivity contribution is -0.138. The summed E-state index contributed by atoms with van der Waals surface area (Å²) in [4.78, 5) is 32.9. The van der Waals surface area contributed by atoms with Gasteiger partial charge in [0.05, 0.1) is 18.3 Å². The first kappa shape index (κ1) is 28.1. The van der Waals surface area contributed by atoms with Gasteiger partial charge in [-0.25, -0.2) is 4.79 Å². The fraction of sp³-hybridized carbons (Fsp3) is 0.633. The first-order chi connectivity index (χ1) is 17.1. The number of allylic oxidation sites excluding steroid dienone is 4. The van der Waals surface area contributed by atoms with Crippen molar-refractivity contribution in [2.75, 3.05) is 20.2 Å². The van der Waals surface area contributed by atoms with Crippen LogP contribution in [-0.2, 0) is 19.1 Å². The number of ketones is 1. The fourth-order valence-corrected chi connectivity index (χ4v) is 7.59. The summed E-state index contributed by atoms with van der Waals surface area (Å²) in [7, 11) is 1.92. The number of aliphatic hydroxyl groups excluding tert-OH is 1. The number of carbonyl (C=O) groups is 3. The number of rotatable bonds is 2. The second-order valence-corrected chi connectivity index (χ2v) is 11.4. The summed E-state index contributed by atoms with van der Waals surface area (Å²) in [6, 6.07) is 0. The molecule has 1 heterocycles. The van der Waals surface area contributed by atoms with Gasteiger partial charge in [0.2, 0.25) is 0 Å². The van der Waals surface area contributed by atoms with Gasteiger partial charge in [-0.15, -0.1) is 0 Å². The standard InChI is InChI=1S/C20H28O2.C9H13NO2.CH2O/c1-12-4-7-16-15-6-5-13-10-14(21)8-9-19(13,2)18(15)17(22)11-20(12,16)3;1-3-12-9(11)8-5-4-6-10(2)7-8;1-2/h8-10,12,15-18,22H,4-7,11H2,1-3H3;4-5,7H,3,6H2,1-2H3;1H2. The van der Waals surface area contributed by atoms with E-state index >= 15 is 0 Å². The third kappa shape index (κ3) is 5.15. The smallest absolute Gasteiger partial charge is 0.339 e. The van der Waals surface area contributed by atoms with Crippen molar-refractivity contribution in [1.29, 1.82) is 0 Å². The fourth-order valence-electron chi connectivity index (χ4n) is 7.59. The molecule has 0 aromatic heterocycles. The van der Waals surface area contributed by atoms with E-state index in [-0.39, 0.29) is 23.3 Å². The zero-order chi connectivity index (χ0) is 26.7. The molecule has 6 heteroatoms. The molecule has 0 aromatic rings. The van der Waals surface area contributed by atoms with Crippen LogP contribution in [0, 0.1) is 34.5 Å². The average Bonchev–Trinajstić information content (AvgIpc) is 3.15. The van der Waals surface area contributed by atoms with E-state index in [9.17, 15) is 14.7 Å². The highest BCUT2D eigenvalue weighted by molar-refractivity contribution is 6.01. The van der Waals surface area contributed by atoms with Gasteiger partial charge >= 0.3 is 5.97 Å². The van der Waals surface area contributed by atoms with Gasteiger partial charge in [-0.1, -0.05) is 38.5 Å². The molecule has 5 rings (SSSR count). The summed E-state index contributed by atoms with van der Waals surface area (Å²) in [6.07, 6.45) is 16.7. The third-order valence-corrected chi connectivity index (χ3v) is 9.53. The third-order valence-electron chi connectivity index (χ3n) is 9.53. The van der Waals surface area contributed by atoms with E-state index in [4.69, 9.17) is 9.53 Å². The molecule has 0 saturated heterocycles. The van der Waals surface area contributed by atoms with Crippen LogP contribution in [0.25, 0.3) is 0 Å². The molecule has 4 aliphatic carbocycles. The van der Waals surface area contributed by atoms with Crippen LogP contribution in [-0.4, -0.2) is 54.9 Å². The number of hydrogen-bond donors (Lipinski definition) is 1. The van der Waals surface area contributed by atoms with E-state index in [1.807, 2.05) is 30.9 Å². The quantitative estimate of drug-likeness (QED) is 0.559. The largest absolute Gasteiger partial charge is 0.462 e. The Hall–Kier alpha value is -2.47. The summed E-state index contributed by atoms with van der Waals surface area (Å²) in [5, 5.41) is 11.1. The maximum Gasteiger partial charge on any atom is 0.339 e. The molecular weight excluding hydrogens is 454 g/mol. The lowest BCUT2D eigenvalue weighted by Gasteiger charge is -2.58. The number of nitrogens with zero attached hydrogens (tertiary/aromatic N) is 1. The number of esters is 1. The Labute approximate surface area is 216 Å². The maximum atomic E-state index is 11.8. The zero-order valence-corrected chi connectivity index (χ0v) is 22.5. The molecule has 7 atom stereocenters.